The van der Waals surface area contributed by atoms with E-state index in [4.69, 9.17) is 4.74 Å². The summed E-state index contributed by atoms with van der Waals surface area (Å²) in [5.41, 5.74) is 4.07. The Kier molecular flexibility index (Phi) is 7.82. The first-order valence-electron chi connectivity index (χ1n) is 8.80. The highest BCUT2D eigenvalue weighted by atomic mass is 16.5. The first-order valence-corrected chi connectivity index (χ1v) is 8.80. The van der Waals surface area contributed by atoms with Crippen molar-refractivity contribution < 1.29 is 14.3 Å². The number of carbonyl (C=O) groups is 2. The second-order valence-electron chi connectivity index (χ2n) is 7.08. The van der Waals surface area contributed by atoms with Crippen LogP contribution in [0.25, 0.3) is 0 Å². The molecule has 0 saturated heterocycles. The smallest absolute Gasteiger partial charge is 0.330 e. The van der Waals surface area contributed by atoms with Gasteiger partial charge in [0.1, 0.15) is 0 Å². The maximum absolute atomic E-state index is 11.8. The van der Waals surface area contributed by atoms with Crippen molar-refractivity contribution in [3.63, 3.8) is 0 Å². The Morgan fingerprint density at radius 2 is 1.80 bits per heavy atom. The van der Waals surface area contributed by atoms with Crippen molar-refractivity contribution in [3.05, 3.63) is 58.7 Å². The van der Waals surface area contributed by atoms with E-state index in [0.29, 0.717) is 6.61 Å². The molecule has 0 atom stereocenters. The molecule has 0 N–H and O–H groups in total. The average Bonchev–Trinajstić information content (AvgIpc) is 2.80. The molecule has 0 radical (unpaired) electrons. The maximum atomic E-state index is 11.8. The van der Waals surface area contributed by atoms with E-state index in [0.717, 1.165) is 35.1 Å². The SMILES string of the molecule is CCOC(=O)C=C(C)C=CC=C(C)C=CC1=C(C(C)=O)CCC1(C)C. The maximum Gasteiger partial charge on any atom is 0.330 e. The highest BCUT2D eigenvalue weighted by Crippen LogP contribution is 2.43. The van der Waals surface area contributed by atoms with Crippen LogP contribution in [0.5, 0.6) is 0 Å². The highest BCUT2D eigenvalue weighted by Gasteiger charge is 2.32. The third-order valence-corrected chi connectivity index (χ3v) is 4.34. The molecule has 0 spiro atoms. The number of Topliss-reactive ketones (excluding diaryl/α,β-unsaturated/α-hetero) is 1. The lowest BCUT2D eigenvalue weighted by Gasteiger charge is -2.20. The molecule has 3 nitrogen and oxygen atoms in total. The molecule has 1 aliphatic rings. The number of ketones is 1. The summed E-state index contributed by atoms with van der Waals surface area (Å²) in [7, 11) is 0. The molecule has 1 rings (SSSR count). The molecular formula is C22H30O3. The Morgan fingerprint density at radius 3 is 2.40 bits per heavy atom. The number of rotatable bonds is 7. The van der Waals surface area contributed by atoms with Crippen LogP contribution >= 0.6 is 0 Å². The van der Waals surface area contributed by atoms with Crippen LogP contribution < -0.4 is 0 Å². The Balaban J connectivity index is 2.82. The molecule has 0 bridgehead atoms. The van der Waals surface area contributed by atoms with Gasteiger partial charge in [-0.15, -0.1) is 0 Å². The van der Waals surface area contributed by atoms with E-state index < -0.39 is 0 Å². The first kappa shape index (κ1) is 20.9. The van der Waals surface area contributed by atoms with Gasteiger partial charge in [0, 0.05) is 6.08 Å². The Bertz CT molecular complexity index is 667. The minimum Gasteiger partial charge on any atom is -0.463 e. The van der Waals surface area contributed by atoms with Gasteiger partial charge in [-0.25, -0.2) is 4.79 Å². The summed E-state index contributed by atoms with van der Waals surface area (Å²) in [4.78, 5) is 23.2. The first-order chi connectivity index (χ1) is 11.7. The predicted octanol–water partition coefficient (Wildman–Crippen LogP) is 5.26. The second kappa shape index (κ2) is 9.36. The zero-order valence-electron chi connectivity index (χ0n) is 16.3. The van der Waals surface area contributed by atoms with E-state index in [-0.39, 0.29) is 17.2 Å². The number of ether oxygens (including phenoxy) is 1. The molecule has 0 heterocycles. The molecule has 0 saturated carbocycles. The third kappa shape index (κ3) is 6.69. The van der Waals surface area contributed by atoms with Crippen LogP contribution in [-0.4, -0.2) is 18.4 Å². The fourth-order valence-corrected chi connectivity index (χ4v) is 2.85. The Morgan fingerprint density at radius 1 is 1.12 bits per heavy atom. The number of carbonyl (C=O) groups excluding carboxylic acids is 2. The fraction of sp³-hybridized carbons (Fsp3) is 0.455. The average molecular weight is 342 g/mol. The van der Waals surface area contributed by atoms with E-state index in [1.807, 2.05) is 38.2 Å². The summed E-state index contributed by atoms with van der Waals surface area (Å²) in [6.45, 7) is 12.1. The zero-order valence-corrected chi connectivity index (χ0v) is 16.3. The van der Waals surface area contributed by atoms with Gasteiger partial charge in [-0.3, -0.25) is 4.79 Å². The summed E-state index contributed by atoms with van der Waals surface area (Å²) in [5, 5.41) is 0. The molecule has 136 valence electrons. The van der Waals surface area contributed by atoms with Gasteiger partial charge >= 0.3 is 5.97 Å². The van der Waals surface area contributed by atoms with E-state index in [1.54, 1.807) is 13.8 Å². The number of hydrogen-bond acceptors (Lipinski definition) is 3. The van der Waals surface area contributed by atoms with Crippen LogP contribution in [-0.2, 0) is 14.3 Å². The van der Waals surface area contributed by atoms with E-state index in [1.165, 1.54) is 6.08 Å². The van der Waals surface area contributed by atoms with Crippen molar-refractivity contribution in [1.82, 2.24) is 0 Å². The molecule has 1 aliphatic carbocycles. The lowest BCUT2D eigenvalue weighted by Crippen LogP contribution is -2.09. The minimum absolute atomic E-state index is 0.0482. The van der Waals surface area contributed by atoms with Crippen molar-refractivity contribution in [2.24, 2.45) is 5.41 Å². The second-order valence-corrected chi connectivity index (χ2v) is 7.08. The minimum atomic E-state index is -0.322. The van der Waals surface area contributed by atoms with Gasteiger partial charge in [0.05, 0.1) is 6.61 Å². The molecule has 0 unspecified atom stereocenters. The molecular weight excluding hydrogens is 312 g/mol. The van der Waals surface area contributed by atoms with Crippen LogP contribution in [0.15, 0.2) is 58.7 Å². The van der Waals surface area contributed by atoms with Crippen LogP contribution in [0.2, 0.25) is 0 Å². The Labute approximate surface area is 151 Å². The van der Waals surface area contributed by atoms with Crippen molar-refractivity contribution in [2.45, 2.75) is 54.4 Å². The normalized spacial score (nSPS) is 18.5. The summed E-state index contributed by atoms with van der Waals surface area (Å²) in [6, 6.07) is 0. The number of allylic oxidation sites excluding steroid dienone is 9. The van der Waals surface area contributed by atoms with Crippen molar-refractivity contribution >= 4 is 11.8 Å². The standard InChI is InChI=1S/C22H30O3/c1-7-25-21(24)15-17(3)10-8-9-16(2)11-12-20-19(18(4)23)13-14-22(20,5)6/h8-12,15H,7,13-14H2,1-6H3. The number of esters is 1. The van der Waals surface area contributed by atoms with Gasteiger partial charge in [0.25, 0.3) is 0 Å². The van der Waals surface area contributed by atoms with Crippen molar-refractivity contribution in [2.75, 3.05) is 6.61 Å². The van der Waals surface area contributed by atoms with E-state index in [9.17, 15) is 9.59 Å². The summed E-state index contributed by atoms with van der Waals surface area (Å²) in [6.07, 6.45) is 13.2. The molecule has 3 heteroatoms. The fourth-order valence-electron chi connectivity index (χ4n) is 2.85. The Hall–Kier alpha value is -2.16. The lowest BCUT2D eigenvalue weighted by molar-refractivity contribution is -0.137. The van der Waals surface area contributed by atoms with E-state index >= 15 is 0 Å². The predicted molar refractivity (Wildman–Crippen MR) is 103 cm³/mol. The molecule has 0 fully saturated rings. The van der Waals surface area contributed by atoms with E-state index in [2.05, 4.69) is 19.9 Å². The van der Waals surface area contributed by atoms with Gasteiger partial charge in [-0.2, -0.15) is 0 Å². The van der Waals surface area contributed by atoms with Crippen LogP contribution in [0.4, 0.5) is 0 Å². The quantitative estimate of drug-likeness (QED) is 0.360. The van der Waals surface area contributed by atoms with Crippen LogP contribution in [0.1, 0.15) is 54.4 Å². The summed E-state index contributed by atoms with van der Waals surface area (Å²) < 4.78 is 4.88. The van der Waals surface area contributed by atoms with Gasteiger partial charge < -0.3 is 4.74 Å². The van der Waals surface area contributed by atoms with Crippen LogP contribution in [0, 0.1) is 5.41 Å². The topological polar surface area (TPSA) is 43.4 Å². The molecule has 0 aromatic rings. The lowest BCUT2D eigenvalue weighted by atomic mass is 9.84. The van der Waals surface area contributed by atoms with Crippen LogP contribution in [0.3, 0.4) is 0 Å². The van der Waals surface area contributed by atoms with Gasteiger partial charge in [0.2, 0.25) is 0 Å². The molecule has 0 amide bonds. The zero-order chi connectivity index (χ0) is 19.0. The largest absolute Gasteiger partial charge is 0.463 e. The molecule has 25 heavy (non-hydrogen) atoms. The van der Waals surface area contributed by atoms with Gasteiger partial charge in [-0.1, -0.05) is 49.8 Å². The van der Waals surface area contributed by atoms with Gasteiger partial charge in [-0.05, 0) is 62.7 Å². The highest BCUT2D eigenvalue weighted by molar-refractivity contribution is 5.95. The monoisotopic (exact) mass is 342 g/mol. The van der Waals surface area contributed by atoms with Gasteiger partial charge in [0.15, 0.2) is 5.78 Å². The van der Waals surface area contributed by atoms with Crippen molar-refractivity contribution in [3.8, 4) is 0 Å². The molecule has 0 aromatic heterocycles. The molecule has 0 aromatic carbocycles. The molecule has 0 aliphatic heterocycles. The third-order valence-electron chi connectivity index (χ3n) is 4.34. The number of hydrogen-bond donors (Lipinski definition) is 0. The summed E-state index contributed by atoms with van der Waals surface area (Å²) in [5.74, 6) is -0.149. The summed E-state index contributed by atoms with van der Waals surface area (Å²) >= 11 is 0. The van der Waals surface area contributed by atoms with Crippen molar-refractivity contribution in [1.29, 1.82) is 0 Å².